The van der Waals surface area contributed by atoms with Gasteiger partial charge in [0.1, 0.15) is 0 Å². The van der Waals surface area contributed by atoms with Crippen molar-refractivity contribution in [2.45, 2.75) is 18.0 Å². The summed E-state index contributed by atoms with van der Waals surface area (Å²) >= 11 is 0. The van der Waals surface area contributed by atoms with Gasteiger partial charge in [0.05, 0.1) is 6.20 Å². The number of hydrogen-bond donors (Lipinski definition) is 5. The minimum Gasteiger partial charge on any atom is -0.367 e. The summed E-state index contributed by atoms with van der Waals surface area (Å²) in [6.45, 7) is -0.299. The van der Waals surface area contributed by atoms with E-state index in [1.54, 1.807) is 0 Å². The van der Waals surface area contributed by atoms with Gasteiger partial charge in [-0.1, -0.05) is 5.21 Å². The van der Waals surface area contributed by atoms with Crippen LogP contribution in [0, 0.1) is 0 Å². The molecule has 0 aliphatic carbocycles. The van der Waals surface area contributed by atoms with Gasteiger partial charge < -0.3 is 24.7 Å². The topological polar surface area (TPSA) is 166 Å². The molecule has 0 saturated carbocycles. The second-order valence-corrected chi connectivity index (χ2v) is 7.29. The summed E-state index contributed by atoms with van der Waals surface area (Å²) in [5, 5.41) is 12.9. The number of aliphatic hydroxyl groups is 1. The van der Waals surface area contributed by atoms with Gasteiger partial charge in [0.25, 0.3) is 5.08 Å². The molecule has 0 aliphatic rings. The fourth-order valence-corrected chi connectivity index (χ4v) is 3.22. The highest BCUT2D eigenvalue weighted by molar-refractivity contribution is 7.72. The zero-order valence-electron chi connectivity index (χ0n) is 8.36. The van der Waals surface area contributed by atoms with E-state index in [2.05, 4.69) is 10.3 Å². The number of rotatable bonds is 5. The molecule has 1 aromatic rings. The molecule has 10 nitrogen and oxygen atoms in total. The molecule has 0 aromatic carbocycles. The van der Waals surface area contributed by atoms with Crippen LogP contribution < -0.4 is 0 Å². The molecule has 98 valence electrons. The highest BCUT2D eigenvalue weighted by Gasteiger charge is 2.58. The molecule has 0 radical (unpaired) electrons. The quantitative estimate of drug-likeness (QED) is 0.412. The van der Waals surface area contributed by atoms with Crippen LogP contribution in [0.25, 0.3) is 0 Å². The van der Waals surface area contributed by atoms with E-state index in [0.29, 0.717) is 0 Å². The van der Waals surface area contributed by atoms with Gasteiger partial charge in [-0.15, -0.1) is 5.10 Å². The van der Waals surface area contributed by atoms with Gasteiger partial charge in [-0.05, 0) is 0 Å². The van der Waals surface area contributed by atoms with Gasteiger partial charge in [0.2, 0.25) is 0 Å². The van der Waals surface area contributed by atoms with Gasteiger partial charge >= 0.3 is 15.2 Å². The number of aryl methyl sites for hydroxylation is 1. The Morgan fingerprint density at radius 1 is 1.18 bits per heavy atom. The number of hydrogen-bond acceptors (Lipinski definition) is 5. The van der Waals surface area contributed by atoms with Crippen LogP contribution in [0.1, 0.15) is 6.42 Å². The summed E-state index contributed by atoms with van der Waals surface area (Å²) in [6.07, 6.45) is 1.73. The summed E-state index contributed by atoms with van der Waals surface area (Å²) in [4.78, 5) is 35.3. The normalized spacial score (nSPS) is 13.9. The largest absolute Gasteiger partial charge is 0.369 e. The molecule has 0 amide bonds. The molecule has 0 fully saturated rings. The van der Waals surface area contributed by atoms with Gasteiger partial charge in [0.15, 0.2) is 0 Å². The van der Waals surface area contributed by atoms with Crippen molar-refractivity contribution in [1.82, 2.24) is 15.0 Å². The minimum atomic E-state index is -5.40. The Kier molecular flexibility index (Phi) is 3.90. The van der Waals surface area contributed by atoms with Crippen LogP contribution in [-0.4, -0.2) is 44.8 Å². The van der Waals surface area contributed by atoms with E-state index in [-0.39, 0.29) is 6.54 Å². The Labute approximate surface area is 95.2 Å². The van der Waals surface area contributed by atoms with Crippen LogP contribution in [-0.2, 0) is 15.7 Å². The molecule has 0 bridgehead atoms. The monoisotopic (exact) mass is 287 g/mol. The molecule has 5 N–H and O–H groups in total. The van der Waals surface area contributed by atoms with Crippen LogP contribution >= 0.6 is 15.2 Å². The summed E-state index contributed by atoms with van der Waals surface area (Å²) in [6, 6.07) is 0. The molecule has 1 heterocycles. The van der Waals surface area contributed by atoms with Gasteiger partial charge in [0, 0.05) is 19.2 Å². The zero-order chi connectivity index (χ0) is 13.3. The molecule has 1 rings (SSSR count). The van der Waals surface area contributed by atoms with Crippen LogP contribution in [0.2, 0.25) is 0 Å². The first-order valence-corrected chi connectivity index (χ1v) is 7.48. The predicted octanol–water partition coefficient (Wildman–Crippen LogP) is -1.33. The first-order valence-electron chi connectivity index (χ1n) is 4.26. The third kappa shape index (κ3) is 2.99. The summed E-state index contributed by atoms with van der Waals surface area (Å²) < 4.78 is 23.0. The highest BCUT2D eigenvalue weighted by Crippen LogP contribution is 2.68. The van der Waals surface area contributed by atoms with Crippen LogP contribution in [0.5, 0.6) is 0 Å². The van der Waals surface area contributed by atoms with Crippen LogP contribution in [0.4, 0.5) is 0 Å². The lowest BCUT2D eigenvalue weighted by Gasteiger charge is -2.28. The van der Waals surface area contributed by atoms with Crippen molar-refractivity contribution in [3.8, 4) is 0 Å². The van der Waals surface area contributed by atoms with Crippen molar-refractivity contribution in [3.05, 3.63) is 12.4 Å². The third-order valence-electron chi connectivity index (χ3n) is 2.08. The smallest absolute Gasteiger partial charge is 0.367 e. The summed E-state index contributed by atoms with van der Waals surface area (Å²) in [5.41, 5.74) is 0. The third-order valence-corrected chi connectivity index (χ3v) is 5.96. The maximum Gasteiger partial charge on any atom is 0.369 e. The lowest BCUT2D eigenvalue weighted by molar-refractivity contribution is 0.117. The molecule has 0 atom stereocenters. The fraction of sp³-hybridized carbons (Fsp3) is 0.600. The summed E-state index contributed by atoms with van der Waals surface area (Å²) in [5.74, 6) is 0. The molecule has 1 aromatic heterocycles. The van der Waals surface area contributed by atoms with E-state index in [1.165, 1.54) is 12.4 Å². The van der Waals surface area contributed by atoms with Crippen molar-refractivity contribution < 1.29 is 33.8 Å². The Hall–Kier alpha value is -0.600. The molecule has 0 unspecified atom stereocenters. The maximum atomic E-state index is 11.0. The maximum absolute atomic E-state index is 11.0. The summed E-state index contributed by atoms with van der Waals surface area (Å²) in [7, 11) is -10.8. The van der Waals surface area contributed by atoms with Gasteiger partial charge in [-0.25, -0.2) is 0 Å². The zero-order valence-corrected chi connectivity index (χ0v) is 10.1. The van der Waals surface area contributed by atoms with Crippen molar-refractivity contribution in [3.63, 3.8) is 0 Å². The van der Waals surface area contributed by atoms with Crippen molar-refractivity contribution >= 4 is 15.2 Å². The molecular weight excluding hydrogens is 276 g/mol. The van der Waals surface area contributed by atoms with Crippen LogP contribution in [0.3, 0.4) is 0 Å². The molecule has 12 heteroatoms. The van der Waals surface area contributed by atoms with Crippen molar-refractivity contribution in [2.75, 3.05) is 0 Å². The lowest BCUT2D eigenvalue weighted by atomic mass is 10.4. The minimum absolute atomic E-state index is 0.299. The first-order chi connectivity index (χ1) is 7.58. The average Bonchev–Trinajstić information content (AvgIpc) is 2.62. The van der Waals surface area contributed by atoms with Crippen LogP contribution in [0.15, 0.2) is 12.4 Å². The molecule has 0 spiro atoms. The highest BCUT2D eigenvalue weighted by atomic mass is 31.2. The Morgan fingerprint density at radius 3 is 2.06 bits per heavy atom. The number of nitrogens with zero attached hydrogens (tertiary/aromatic N) is 3. The SMILES string of the molecule is O=P(O)(O)C(O)(CCn1ccnn1)P(=O)(O)O. The molecule has 0 aliphatic heterocycles. The predicted molar refractivity (Wildman–Crippen MR) is 53.7 cm³/mol. The van der Waals surface area contributed by atoms with E-state index < -0.39 is 26.7 Å². The van der Waals surface area contributed by atoms with E-state index >= 15 is 0 Å². The van der Waals surface area contributed by atoms with Gasteiger partial charge in [-0.2, -0.15) is 0 Å². The second kappa shape index (κ2) is 4.58. The molecule has 17 heavy (non-hydrogen) atoms. The standard InChI is InChI=1S/C5H11N3O7P2/c9-5(16(10,11)12,17(13,14)15)1-3-8-4-2-6-7-8/h2,4,9H,1,3H2,(H2,10,11,12)(H2,13,14,15). The molecular formula is C5H11N3O7P2. The molecule has 0 saturated heterocycles. The van der Waals surface area contributed by atoms with E-state index in [9.17, 15) is 14.2 Å². The van der Waals surface area contributed by atoms with E-state index in [4.69, 9.17) is 19.6 Å². The van der Waals surface area contributed by atoms with Gasteiger partial charge in [-0.3, -0.25) is 13.8 Å². The van der Waals surface area contributed by atoms with E-state index in [1.807, 2.05) is 0 Å². The lowest BCUT2D eigenvalue weighted by Crippen LogP contribution is -2.30. The second-order valence-electron chi connectivity index (χ2n) is 3.28. The fourth-order valence-electron chi connectivity index (χ4n) is 1.08. The van der Waals surface area contributed by atoms with Crippen molar-refractivity contribution in [1.29, 1.82) is 0 Å². The average molecular weight is 287 g/mol. The Bertz CT molecular complexity index is 440. The Morgan fingerprint density at radius 2 is 1.71 bits per heavy atom. The number of aromatic nitrogens is 3. The van der Waals surface area contributed by atoms with Crippen molar-refractivity contribution in [2.24, 2.45) is 0 Å². The Balaban J connectivity index is 2.94. The van der Waals surface area contributed by atoms with E-state index in [0.717, 1.165) is 4.68 Å². The first kappa shape index (κ1) is 14.5.